The van der Waals surface area contributed by atoms with Gasteiger partial charge in [0, 0.05) is 18.1 Å². The van der Waals surface area contributed by atoms with Crippen LogP contribution in [0.5, 0.6) is 0 Å². The van der Waals surface area contributed by atoms with Crippen molar-refractivity contribution >= 4 is 44.6 Å². The molecule has 0 unspecified atom stereocenters. The van der Waals surface area contributed by atoms with Gasteiger partial charge in [0.2, 0.25) is 5.91 Å². The number of sulfonamides is 1. The fraction of sp³-hybridized carbons (Fsp3) is 0.353. The molecule has 1 N–H and O–H groups in total. The first kappa shape index (κ1) is 21.1. The van der Waals surface area contributed by atoms with Crippen LogP contribution in [0.25, 0.3) is 0 Å². The van der Waals surface area contributed by atoms with Gasteiger partial charge in [-0.3, -0.25) is 4.79 Å². The fourth-order valence-electron chi connectivity index (χ4n) is 3.01. The van der Waals surface area contributed by atoms with Gasteiger partial charge in [-0.1, -0.05) is 17.7 Å². The molecule has 3 rings (SSSR count). The molecule has 0 saturated carbocycles. The van der Waals surface area contributed by atoms with Gasteiger partial charge in [-0.15, -0.1) is 11.3 Å². The van der Waals surface area contributed by atoms with E-state index in [0.717, 1.165) is 23.5 Å². The lowest BCUT2D eigenvalue weighted by atomic mass is 9.98. The van der Waals surface area contributed by atoms with Gasteiger partial charge in [0.1, 0.15) is 4.21 Å². The van der Waals surface area contributed by atoms with Crippen LogP contribution in [0.3, 0.4) is 0 Å². The molecular formula is C17H16ClF3N2O3S2. The van der Waals surface area contributed by atoms with Crippen LogP contribution >= 0.6 is 22.9 Å². The molecule has 152 valence electrons. The van der Waals surface area contributed by atoms with Crippen LogP contribution in [0.2, 0.25) is 5.02 Å². The van der Waals surface area contributed by atoms with E-state index in [1.54, 1.807) is 11.4 Å². The van der Waals surface area contributed by atoms with E-state index < -0.39 is 39.3 Å². The molecule has 0 radical (unpaired) electrons. The number of rotatable bonds is 4. The molecule has 11 heteroatoms. The van der Waals surface area contributed by atoms with Gasteiger partial charge >= 0.3 is 6.18 Å². The number of hydrogen-bond acceptors (Lipinski definition) is 4. The van der Waals surface area contributed by atoms with Crippen LogP contribution in [0.1, 0.15) is 18.4 Å². The highest BCUT2D eigenvalue weighted by atomic mass is 35.5. The second-order valence-corrected chi connectivity index (χ2v) is 9.86. The second kappa shape index (κ2) is 8.02. The first-order valence-corrected chi connectivity index (χ1v) is 11.0. The van der Waals surface area contributed by atoms with Gasteiger partial charge in [0.15, 0.2) is 0 Å². The summed E-state index contributed by atoms with van der Waals surface area (Å²) >= 11 is 6.72. The predicted octanol–water partition coefficient (Wildman–Crippen LogP) is 4.46. The van der Waals surface area contributed by atoms with E-state index in [4.69, 9.17) is 11.6 Å². The zero-order valence-corrected chi connectivity index (χ0v) is 16.8. The average Bonchev–Trinajstić information content (AvgIpc) is 3.18. The molecule has 1 aromatic heterocycles. The maximum Gasteiger partial charge on any atom is 0.418 e. The third kappa shape index (κ3) is 4.51. The largest absolute Gasteiger partial charge is 0.418 e. The molecule has 1 amide bonds. The quantitative estimate of drug-likeness (QED) is 0.744. The lowest BCUT2D eigenvalue weighted by molar-refractivity contribution is -0.137. The number of anilines is 1. The number of hydrogen-bond donors (Lipinski definition) is 1. The van der Waals surface area contributed by atoms with Crippen LogP contribution in [0, 0.1) is 5.92 Å². The highest BCUT2D eigenvalue weighted by Crippen LogP contribution is 2.37. The maximum atomic E-state index is 13.2. The minimum atomic E-state index is -4.69. The van der Waals surface area contributed by atoms with Crippen molar-refractivity contribution in [2.45, 2.75) is 23.2 Å². The van der Waals surface area contributed by atoms with Crippen molar-refractivity contribution in [1.29, 1.82) is 0 Å². The topological polar surface area (TPSA) is 66.5 Å². The summed E-state index contributed by atoms with van der Waals surface area (Å²) < 4.78 is 66.3. The maximum absolute atomic E-state index is 13.2. The number of piperidine rings is 1. The SMILES string of the molecule is O=C(Nc1ccc(Cl)cc1C(F)(F)F)[C@@H]1CCCN(S(=O)(=O)c2cccs2)C1. The van der Waals surface area contributed by atoms with Crippen molar-refractivity contribution in [3.05, 3.63) is 46.3 Å². The predicted molar refractivity (Wildman–Crippen MR) is 101 cm³/mol. The second-order valence-electron chi connectivity index (χ2n) is 6.31. The molecule has 1 aliphatic rings. The lowest BCUT2D eigenvalue weighted by Crippen LogP contribution is -2.43. The number of thiophene rings is 1. The van der Waals surface area contributed by atoms with E-state index in [-0.39, 0.29) is 22.3 Å². The van der Waals surface area contributed by atoms with Crippen molar-refractivity contribution in [2.24, 2.45) is 5.92 Å². The van der Waals surface area contributed by atoms with E-state index >= 15 is 0 Å². The molecule has 2 aromatic rings. The summed E-state index contributed by atoms with van der Waals surface area (Å²) in [5.41, 5.74) is -1.45. The van der Waals surface area contributed by atoms with E-state index in [2.05, 4.69) is 5.32 Å². The lowest BCUT2D eigenvalue weighted by Gasteiger charge is -2.31. The molecule has 1 fully saturated rings. The fourth-order valence-corrected chi connectivity index (χ4v) is 5.85. The molecule has 28 heavy (non-hydrogen) atoms. The number of amides is 1. The Morgan fingerprint density at radius 3 is 2.68 bits per heavy atom. The minimum Gasteiger partial charge on any atom is -0.325 e. The number of nitrogens with one attached hydrogen (secondary N) is 1. The Morgan fingerprint density at radius 2 is 2.04 bits per heavy atom. The van der Waals surface area contributed by atoms with Crippen LogP contribution in [-0.2, 0) is 21.0 Å². The zero-order chi connectivity index (χ0) is 20.5. The molecule has 0 spiro atoms. The number of benzene rings is 1. The highest BCUT2D eigenvalue weighted by molar-refractivity contribution is 7.91. The Morgan fingerprint density at radius 1 is 1.29 bits per heavy atom. The van der Waals surface area contributed by atoms with Crippen molar-refractivity contribution in [3.63, 3.8) is 0 Å². The van der Waals surface area contributed by atoms with E-state index in [1.807, 2.05) is 0 Å². The molecule has 0 aliphatic carbocycles. The summed E-state index contributed by atoms with van der Waals surface area (Å²) in [5, 5.41) is 3.82. The summed E-state index contributed by atoms with van der Waals surface area (Å²) in [6, 6.07) is 6.18. The summed E-state index contributed by atoms with van der Waals surface area (Å²) in [6.45, 7) is 0.180. The third-order valence-electron chi connectivity index (χ3n) is 4.39. The van der Waals surface area contributed by atoms with Crippen LogP contribution in [0.4, 0.5) is 18.9 Å². The highest BCUT2D eigenvalue weighted by Gasteiger charge is 2.37. The standard InChI is InChI=1S/C17H16ClF3N2O3S2/c18-12-5-6-14(13(9-12)17(19,20)21)22-16(24)11-3-1-7-23(10-11)28(25,26)15-4-2-8-27-15/h2,4-6,8-9,11H,1,3,7,10H2,(H,22,24)/t11-/m1/s1. The zero-order valence-electron chi connectivity index (χ0n) is 14.4. The Labute approximate surface area is 169 Å². The van der Waals surface area contributed by atoms with Crippen molar-refractivity contribution in [1.82, 2.24) is 4.31 Å². The van der Waals surface area contributed by atoms with Gasteiger partial charge in [-0.2, -0.15) is 17.5 Å². The molecule has 1 saturated heterocycles. The Balaban J connectivity index is 1.77. The van der Waals surface area contributed by atoms with Crippen molar-refractivity contribution in [2.75, 3.05) is 18.4 Å². The number of halogens is 4. The number of carbonyl (C=O) groups is 1. The first-order chi connectivity index (χ1) is 13.1. The molecule has 1 aliphatic heterocycles. The molecule has 0 bridgehead atoms. The monoisotopic (exact) mass is 452 g/mol. The minimum absolute atomic E-state index is 0.0823. The van der Waals surface area contributed by atoms with Crippen molar-refractivity contribution < 1.29 is 26.4 Å². The summed E-state index contributed by atoms with van der Waals surface area (Å²) in [7, 11) is -3.72. The van der Waals surface area contributed by atoms with Gasteiger partial charge in [0.25, 0.3) is 10.0 Å². The van der Waals surface area contributed by atoms with Crippen LogP contribution < -0.4 is 5.32 Å². The van der Waals surface area contributed by atoms with Crippen molar-refractivity contribution in [3.8, 4) is 0 Å². The van der Waals surface area contributed by atoms with E-state index in [0.29, 0.717) is 12.8 Å². The summed E-state index contributed by atoms with van der Waals surface area (Å²) in [5.74, 6) is -1.40. The van der Waals surface area contributed by atoms with Crippen LogP contribution in [-0.4, -0.2) is 31.7 Å². The molecule has 2 heterocycles. The van der Waals surface area contributed by atoms with Gasteiger partial charge in [-0.05, 0) is 42.5 Å². The Hall–Kier alpha value is -1.62. The molecule has 1 aromatic carbocycles. The van der Waals surface area contributed by atoms with Gasteiger partial charge < -0.3 is 5.32 Å². The van der Waals surface area contributed by atoms with Gasteiger partial charge in [0.05, 0.1) is 17.2 Å². The Kier molecular flexibility index (Phi) is 6.04. The smallest absolute Gasteiger partial charge is 0.325 e. The first-order valence-electron chi connectivity index (χ1n) is 8.30. The third-order valence-corrected chi connectivity index (χ3v) is 7.86. The summed E-state index contributed by atoms with van der Waals surface area (Å²) in [4.78, 5) is 12.6. The van der Waals surface area contributed by atoms with Crippen LogP contribution in [0.15, 0.2) is 39.9 Å². The average molecular weight is 453 g/mol. The molecule has 5 nitrogen and oxygen atoms in total. The number of carbonyl (C=O) groups excluding carboxylic acids is 1. The molecular weight excluding hydrogens is 437 g/mol. The van der Waals surface area contributed by atoms with E-state index in [9.17, 15) is 26.4 Å². The normalized spacial score (nSPS) is 18.8. The summed E-state index contributed by atoms with van der Waals surface area (Å²) in [6.07, 6.45) is -3.86. The Bertz CT molecular complexity index is 963. The number of alkyl halides is 3. The number of nitrogens with zero attached hydrogens (tertiary/aromatic N) is 1. The van der Waals surface area contributed by atoms with Gasteiger partial charge in [-0.25, -0.2) is 8.42 Å². The van der Waals surface area contributed by atoms with E-state index in [1.165, 1.54) is 16.4 Å². The molecule has 1 atom stereocenters.